The van der Waals surface area contributed by atoms with Crippen LogP contribution in [0.4, 0.5) is 5.69 Å². The van der Waals surface area contributed by atoms with Crippen molar-refractivity contribution in [3.8, 4) is 5.75 Å². The van der Waals surface area contributed by atoms with E-state index in [0.717, 1.165) is 10.9 Å². The molecule has 0 spiro atoms. The third kappa shape index (κ3) is 4.24. The first-order valence-corrected chi connectivity index (χ1v) is 7.58. The van der Waals surface area contributed by atoms with Crippen LogP contribution in [0.3, 0.4) is 0 Å². The Bertz CT molecular complexity index is 1090. The molecular weight excluding hydrogens is 397 g/mol. The van der Waals surface area contributed by atoms with Gasteiger partial charge >= 0.3 is 28.1 Å². The summed E-state index contributed by atoms with van der Waals surface area (Å²) in [7, 11) is 0. The Labute approximate surface area is 164 Å². The molecule has 27 heavy (non-hydrogen) atoms. The summed E-state index contributed by atoms with van der Waals surface area (Å²) in [5, 5.41) is 16.2. The first kappa shape index (κ1) is 22.1. The van der Waals surface area contributed by atoms with E-state index in [9.17, 15) is 9.59 Å². The number of rotatable bonds is 3. The van der Waals surface area contributed by atoms with Crippen molar-refractivity contribution < 1.29 is 41.4 Å². The van der Waals surface area contributed by atoms with Crippen LogP contribution < -0.4 is 5.63 Å². The first-order chi connectivity index (χ1) is 11.9. The van der Waals surface area contributed by atoms with Crippen LogP contribution in [-0.4, -0.2) is 27.4 Å². The number of nitrogens with zero attached hydrogens (tertiary/aromatic N) is 1. The van der Waals surface area contributed by atoms with E-state index in [4.69, 9.17) is 14.6 Å². The second-order valence-electron chi connectivity index (χ2n) is 5.66. The van der Waals surface area contributed by atoms with Gasteiger partial charge in [-0.1, -0.05) is 12.1 Å². The van der Waals surface area contributed by atoms with Gasteiger partial charge in [-0.3, -0.25) is 4.99 Å². The summed E-state index contributed by atoms with van der Waals surface area (Å²) in [5.41, 5.74) is 1.89. The maximum atomic E-state index is 11.8. The van der Waals surface area contributed by atoms with Gasteiger partial charge < -0.3 is 20.1 Å². The number of aliphatic imine (C=N–C) groups is 1. The van der Waals surface area contributed by atoms with Crippen LogP contribution in [0, 0.1) is 6.92 Å². The Balaban J connectivity index is 0.00000182. The molecule has 142 valence electrons. The fraction of sp³-hybridized carbons (Fsp3) is 0.105. The molecule has 0 saturated heterocycles. The number of hydrogen-bond acceptors (Lipinski definition) is 5. The van der Waals surface area contributed by atoms with Gasteiger partial charge in [0.15, 0.2) is 5.58 Å². The Morgan fingerprint density at radius 2 is 1.81 bits per heavy atom. The molecule has 8 heteroatoms. The fourth-order valence-electron chi connectivity index (χ4n) is 2.74. The smallest absolute Gasteiger partial charge is 0.870 e. The molecule has 3 rings (SSSR count). The number of benzene rings is 2. The Kier molecular flexibility index (Phi) is 7.05. The summed E-state index contributed by atoms with van der Waals surface area (Å²) in [5.74, 6) is -0.671. The number of fused-ring (bicyclic) bond motifs is 1. The second kappa shape index (κ2) is 8.62. The van der Waals surface area contributed by atoms with Crippen LogP contribution in [-0.2, 0) is 16.5 Å². The standard InChI is InChI=1S/C19H15NO5.Ni.H2O/c1-10-9-16(22)25-18-12(10)7-8-15(21)17(18)11(2)20-14-6-4-3-5-13(14)19(23)24;;/h3-9,21H,1-2H3,(H,23,24);;1H2/q;+2;/p+1. The van der Waals surface area contributed by atoms with Crippen molar-refractivity contribution in [2.45, 2.75) is 13.8 Å². The SMILES string of the molecule is CC(=Nc1ccccc1C(=O)[OH2+])c1c([OH2+])ccc2c(C)cc(=O)oc12.[Ni+2].[OH-]. The monoisotopic (exact) mass is 414 g/mol. The van der Waals surface area contributed by atoms with E-state index in [1.807, 2.05) is 0 Å². The van der Waals surface area contributed by atoms with Crippen molar-refractivity contribution in [2.75, 3.05) is 0 Å². The summed E-state index contributed by atoms with van der Waals surface area (Å²) in [4.78, 5) is 27.6. The third-order valence-corrected chi connectivity index (χ3v) is 3.92. The second-order valence-corrected chi connectivity index (χ2v) is 5.66. The molecule has 0 saturated carbocycles. The predicted molar refractivity (Wildman–Crippen MR) is 98.5 cm³/mol. The molecule has 0 aliphatic heterocycles. The zero-order valence-corrected chi connectivity index (χ0v) is 15.5. The Morgan fingerprint density at radius 1 is 1.15 bits per heavy atom. The van der Waals surface area contributed by atoms with Gasteiger partial charge in [0, 0.05) is 22.3 Å². The molecule has 0 fully saturated rings. The molecule has 0 amide bonds. The molecule has 0 atom stereocenters. The van der Waals surface area contributed by atoms with Gasteiger partial charge in [-0.15, -0.1) is 0 Å². The fourth-order valence-corrected chi connectivity index (χ4v) is 2.74. The predicted octanol–water partition coefficient (Wildman–Crippen LogP) is 2.37. The molecule has 1 aromatic heterocycles. The molecule has 3 aromatic rings. The van der Waals surface area contributed by atoms with Crippen LogP contribution >= 0.6 is 0 Å². The molecule has 0 radical (unpaired) electrons. The average molecular weight is 415 g/mol. The van der Waals surface area contributed by atoms with E-state index in [-0.39, 0.29) is 33.3 Å². The van der Waals surface area contributed by atoms with Crippen molar-refractivity contribution in [3.63, 3.8) is 0 Å². The number of carbonyl (C=O) groups excluding carboxylic acids is 1. The summed E-state index contributed by atoms with van der Waals surface area (Å²) < 4.78 is 5.33. The van der Waals surface area contributed by atoms with Gasteiger partial charge in [-0.25, -0.2) is 4.79 Å². The van der Waals surface area contributed by atoms with Gasteiger partial charge in [-0.05, 0) is 37.6 Å². The van der Waals surface area contributed by atoms with Gasteiger partial charge in [0.25, 0.3) is 5.75 Å². The van der Waals surface area contributed by atoms with Crippen LogP contribution in [0.1, 0.15) is 28.4 Å². The maximum Gasteiger partial charge on any atom is 2.00 e. The minimum atomic E-state index is -0.835. The molecule has 0 aliphatic rings. The van der Waals surface area contributed by atoms with Crippen LogP contribution in [0.15, 0.2) is 56.7 Å². The summed E-state index contributed by atoms with van der Waals surface area (Å²) in [6, 6.07) is 11.3. The molecule has 0 bridgehead atoms. The number of carbonyl (C=O) groups is 1. The van der Waals surface area contributed by atoms with Crippen LogP contribution in [0.25, 0.3) is 11.0 Å². The van der Waals surface area contributed by atoms with E-state index >= 15 is 0 Å². The topological polar surface area (TPSA) is 135 Å². The van der Waals surface area contributed by atoms with Gasteiger partial charge in [0.05, 0.1) is 11.4 Å². The molecule has 0 unspecified atom stereocenters. The Morgan fingerprint density at radius 3 is 2.48 bits per heavy atom. The van der Waals surface area contributed by atoms with E-state index in [1.54, 1.807) is 44.2 Å². The first-order valence-electron chi connectivity index (χ1n) is 7.58. The minimum absolute atomic E-state index is 0. The molecule has 1 heterocycles. The van der Waals surface area contributed by atoms with Gasteiger partial charge in [0.2, 0.25) is 0 Å². The average Bonchev–Trinajstić information content (AvgIpc) is 2.54. The minimum Gasteiger partial charge on any atom is -0.870 e. The van der Waals surface area contributed by atoms with Crippen molar-refractivity contribution >= 4 is 28.3 Å². The van der Waals surface area contributed by atoms with Crippen molar-refractivity contribution in [3.05, 3.63) is 69.6 Å². The number of aryl methyl sites for hydroxylation is 1. The molecule has 2 aromatic carbocycles. The normalized spacial score (nSPS) is 10.8. The zero-order valence-electron chi connectivity index (χ0n) is 14.5. The molecule has 0 aliphatic carbocycles. The quantitative estimate of drug-likeness (QED) is 0.281. The molecular formula is C19H18NNiO6+3. The largest absolute Gasteiger partial charge is 2.00 e. The van der Waals surface area contributed by atoms with E-state index in [0.29, 0.717) is 22.5 Å². The molecule has 7 nitrogen and oxygen atoms in total. The summed E-state index contributed by atoms with van der Waals surface area (Å²) in [6.07, 6.45) is 0. The third-order valence-electron chi connectivity index (χ3n) is 3.92. The maximum absolute atomic E-state index is 11.8. The van der Waals surface area contributed by atoms with Crippen molar-refractivity contribution in [1.29, 1.82) is 0 Å². The summed E-state index contributed by atoms with van der Waals surface area (Å²) >= 11 is 0. The van der Waals surface area contributed by atoms with Crippen molar-refractivity contribution in [2.24, 2.45) is 4.99 Å². The van der Waals surface area contributed by atoms with E-state index in [1.165, 1.54) is 12.1 Å². The van der Waals surface area contributed by atoms with Gasteiger partial charge in [-0.2, -0.15) is 0 Å². The van der Waals surface area contributed by atoms with Crippen molar-refractivity contribution in [1.82, 2.24) is 0 Å². The number of hydrogen-bond donors (Lipinski definition) is 0. The Hall–Kier alpha value is -2.96. The number of para-hydroxylation sites is 1. The summed E-state index contributed by atoms with van der Waals surface area (Å²) in [6.45, 7) is 3.48. The van der Waals surface area contributed by atoms with Gasteiger partial charge in [0.1, 0.15) is 11.1 Å². The van der Waals surface area contributed by atoms with Crippen LogP contribution in [0.2, 0.25) is 0 Å². The van der Waals surface area contributed by atoms with Crippen LogP contribution in [0.5, 0.6) is 5.75 Å². The van der Waals surface area contributed by atoms with E-state index < -0.39 is 11.6 Å². The molecule has 5 N–H and O–H groups in total. The zero-order chi connectivity index (χ0) is 18.1. The van der Waals surface area contributed by atoms with E-state index in [2.05, 4.69) is 4.99 Å².